The Morgan fingerprint density at radius 2 is 1.95 bits per heavy atom. The molecule has 0 aliphatic heterocycles. The Labute approximate surface area is 107 Å². The third-order valence-electron chi connectivity index (χ3n) is 2.31. The summed E-state index contributed by atoms with van der Waals surface area (Å²) in [6, 6.07) is 3.28. The fraction of sp³-hybridized carbons (Fsp3) is 0.273. The van der Waals surface area contributed by atoms with Gasteiger partial charge in [-0.1, -0.05) is 6.07 Å². The largest absolute Gasteiger partial charge is 0.416 e. The van der Waals surface area contributed by atoms with Crippen LogP contribution in [0.25, 0.3) is 0 Å². The van der Waals surface area contributed by atoms with Crippen molar-refractivity contribution in [1.82, 2.24) is 0 Å². The van der Waals surface area contributed by atoms with Gasteiger partial charge in [0.1, 0.15) is 0 Å². The Hall–Kier alpha value is -1.41. The van der Waals surface area contributed by atoms with Gasteiger partial charge in [-0.3, -0.25) is 0 Å². The molecule has 106 valence electrons. The molecule has 1 aromatic rings. The minimum atomic E-state index is -4.64. The zero-order chi connectivity index (χ0) is 14.7. The molecule has 1 rings (SSSR count). The number of rotatable bonds is 4. The summed E-state index contributed by atoms with van der Waals surface area (Å²) in [4.78, 5) is -0.518. The predicted molar refractivity (Wildman–Crippen MR) is 61.7 cm³/mol. The fourth-order valence-corrected chi connectivity index (χ4v) is 2.76. The molecule has 0 heterocycles. The quantitative estimate of drug-likeness (QED) is 0.867. The van der Waals surface area contributed by atoms with Crippen molar-refractivity contribution in [3.63, 3.8) is 0 Å². The summed E-state index contributed by atoms with van der Waals surface area (Å²) in [5, 5.41) is 0. The molecule has 0 saturated heterocycles. The van der Waals surface area contributed by atoms with Gasteiger partial charge in [0.2, 0.25) is 0 Å². The van der Waals surface area contributed by atoms with Crippen LogP contribution < -0.4 is 5.73 Å². The van der Waals surface area contributed by atoms with E-state index >= 15 is 0 Å². The molecule has 0 radical (unpaired) electrons. The molecule has 0 aliphatic rings. The molecule has 0 amide bonds. The highest BCUT2D eigenvalue weighted by atomic mass is 32.2. The van der Waals surface area contributed by atoms with Crippen LogP contribution in [0.15, 0.2) is 41.1 Å². The SMILES string of the molecule is NC/C(=C\F)CS(=O)(=O)c1cccc(C(F)(F)F)c1. The monoisotopic (exact) mass is 297 g/mol. The van der Waals surface area contributed by atoms with Crippen LogP contribution in [0.2, 0.25) is 0 Å². The van der Waals surface area contributed by atoms with Crippen LogP contribution >= 0.6 is 0 Å². The molecule has 0 fully saturated rings. The average molecular weight is 297 g/mol. The third-order valence-corrected chi connectivity index (χ3v) is 4.04. The van der Waals surface area contributed by atoms with Crippen molar-refractivity contribution in [2.75, 3.05) is 12.3 Å². The van der Waals surface area contributed by atoms with Crippen LogP contribution in [0.5, 0.6) is 0 Å². The van der Waals surface area contributed by atoms with Crippen LogP contribution in [-0.2, 0) is 16.0 Å². The van der Waals surface area contributed by atoms with Gasteiger partial charge in [0, 0.05) is 6.54 Å². The lowest BCUT2D eigenvalue weighted by atomic mass is 10.2. The highest BCUT2D eigenvalue weighted by Crippen LogP contribution is 2.30. The maximum absolute atomic E-state index is 12.5. The molecule has 2 N–H and O–H groups in total. The number of halogens is 4. The molecule has 0 unspecified atom stereocenters. The topological polar surface area (TPSA) is 60.2 Å². The standard InChI is InChI=1S/C11H11F4NO2S/c12-5-8(6-16)7-19(17,18)10-3-1-2-9(4-10)11(13,14)15/h1-5H,6-7,16H2/b8-5+. The Morgan fingerprint density at radius 1 is 1.32 bits per heavy atom. The number of sulfone groups is 1. The molecule has 0 bridgehead atoms. The molecular weight excluding hydrogens is 286 g/mol. The van der Waals surface area contributed by atoms with E-state index in [0.29, 0.717) is 6.07 Å². The molecule has 3 nitrogen and oxygen atoms in total. The summed E-state index contributed by atoms with van der Waals surface area (Å²) >= 11 is 0. The van der Waals surface area contributed by atoms with Gasteiger partial charge in [-0.15, -0.1) is 0 Å². The second-order valence-corrected chi connectivity index (χ2v) is 5.75. The third kappa shape index (κ3) is 4.03. The summed E-state index contributed by atoms with van der Waals surface area (Å²) in [5.74, 6) is -0.749. The van der Waals surface area contributed by atoms with Crippen LogP contribution in [0.4, 0.5) is 17.6 Å². The number of benzene rings is 1. The lowest BCUT2D eigenvalue weighted by molar-refractivity contribution is -0.137. The van der Waals surface area contributed by atoms with Gasteiger partial charge in [0.05, 0.1) is 22.5 Å². The second-order valence-electron chi connectivity index (χ2n) is 3.76. The molecule has 0 atom stereocenters. The zero-order valence-electron chi connectivity index (χ0n) is 9.61. The van der Waals surface area contributed by atoms with E-state index in [2.05, 4.69) is 0 Å². The smallest absolute Gasteiger partial charge is 0.327 e. The molecule has 0 saturated carbocycles. The highest BCUT2D eigenvalue weighted by molar-refractivity contribution is 7.91. The number of hydrogen-bond acceptors (Lipinski definition) is 3. The fourth-order valence-electron chi connectivity index (χ4n) is 1.33. The summed E-state index contributed by atoms with van der Waals surface area (Å²) in [7, 11) is -4.05. The van der Waals surface area contributed by atoms with E-state index in [1.54, 1.807) is 0 Å². The van der Waals surface area contributed by atoms with Crippen LogP contribution in [-0.4, -0.2) is 20.7 Å². The molecule has 8 heteroatoms. The van der Waals surface area contributed by atoms with E-state index in [4.69, 9.17) is 5.73 Å². The van der Waals surface area contributed by atoms with Crippen molar-refractivity contribution in [3.05, 3.63) is 41.7 Å². The zero-order valence-corrected chi connectivity index (χ0v) is 10.4. The van der Waals surface area contributed by atoms with Gasteiger partial charge < -0.3 is 5.73 Å². The van der Waals surface area contributed by atoms with Crippen molar-refractivity contribution < 1.29 is 26.0 Å². The van der Waals surface area contributed by atoms with Gasteiger partial charge in [0.15, 0.2) is 9.84 Å². The number of alkyl halides is 3. The Balaban J connectivity index is 3.16. The van der Waals surface area contributed by atoms with Crippen LogP contribution in [0.3, 0.4) is 0 Å². The Kier molecular flexibility index (Phi) is 4.70. The Bertz CT molecular complexity index is 579. The lowest BCUT2D eigenvalue weighted by Crippen LogP contribution is -2.15. The first-order valence-corrected chi connectivity index (χ1v) is 6.74. The molecular formula is C11H11F4NO2S. The molecule has 0 aliphatic carbocycles. The minimum absolute atomic E-state index is 0.0468. The van der Waals surface area contributed by atoms with E-state index < -0.39 is 32.2 Å². The molecule has 0 spiro atoms. The van der Waals surface area contributed by atoms with Crippen molar-refractivity contribution in [2.24, 2.45) is 5.73 Å². The van der Waals surface area contributed by atoms with E-state index in [1.807, 2.05) is 0 Å². The lowest BCUT2D eigenvalue weighted by Gasteiger charge is -2.10. The van der Waals surface area contributed by atoms with Crippen LogP contribution in [0.1, 0.15) is 5.56 Å². The maximum atomic E-state index is 12.5. The van der Waals surface area contributed by atoms with Crippen LogP contribution in [0, 0.1) is 0 Å². The predicted octanol–water partition coefficient (Wildman–Crippen LogP) is 2.29. The first-order valence-electron chi connectivity index (χ1n) is 5.09. The minimum Gasteiger partial charge on any atom is -0.327 e. The summed E-state index contributed by atoms with van der Waals surface area (Å²) in [5.41, 5.74) is 3.83. The van der Waals surface area contributed by atoms with Crippen molar-refractivity contribution in [3.8, 4) is 0 Å². The summed E-state index contributed by atoms with van der Waals surface area (Å²) in [6.45, 7) is -0.325. The van der Waals surface area contributed by atoms with Gasteiger partial charge in [-0.25, -0.2) is 12.8 Å². The average Bonchev–Trinajstić information content (AvgIpc) is 2.35. The normalized spacial score (nSPS) is 13.6. The molecule has 0 aromatic heterocycles. The molecule has 1 aromatic carbocycles. The van der Waals surface area contributed by atoms with Crippen molar-refractivity contribution in [2.45, 2.75) is 11.1 Å². The second kappa shape index (κ2) is 5.70. The van der Waals surface area contributed by atoms with Crippen molar-refractivity contribution in [1.29, 1.82) is 0 Å². The van der Waals surface area contributed by atoms with Gasteiger partial charge in [0.25, 0.3) is 0 Å². The Morgan fingerprint density at radius 3 is 2.42 bits per heavy atom. The van der Waals surface area contributed by atoms with Gasteiger partial charge in [-0.05, 0) is 23.8 Å². The summed E-state index contributed by atoms with van der Waals surface area (Å²) < 4.78 is 73.3. The molecule has 19 heavy (non-hydrogen) atoms. The first kappa shape index (κ1) is 15.6. The number of hydrogen-bond donors (Lipinski definition) is 1. The highest BCUT2D eigenvalue weighted by Gasteiger charge is 2.31. The first-order chi connectivity index (χ1) is 8.70. The van der Waals surface area contributed by atoms with E-state index in [-0.39, 0.29) is 18.4 Å². The van der Waals surface area contributed by atoms with Crippen molar-refractivity contribution >= 4 is 9.84 Å². The number of nitrogens with two attached hydrogens (primary N) is 1. The van der Waals surface area contributed by atoms with E-state index in [9.17, 15) is 26.0 Å². The van der Waals surface area contributed by atoms with E-state index in [0.717, 1.165) is 18.2 Å². The summed E-state index contributed by atoms with van der Waals surface area (Å²) in [6.07, 6.45) is -4.59. The van der Waals surface area contributed by atoms with Gasteiger partial charge >= 0.3 is 6.18 Å². The van der Waals surface area contributed by atoms with E-state index in [1.165, 1.54) is 0 Å². The maximum Gasteiger partial charge on any atom is 0.416 e. The van der Waals surface area contributed by atoms with Gasteiger partial charge in [-0.2, -0.15) is 13.2 Å².